The molecule has 1 aliphatic rings. The van der Waals surface area contributed by atoms with Crippen molar-refractivity contribution in [2.24, 2.45) is 0 Å². The fourth-order valence-corrected chi connectivity index (χ4v) is 2.45. The lowest BCUT2D eigenvalue weighted by Gasteiger charge is -2.20. The van der Waals surface area contributed by atoms with E-state index in [1.165, 1.54) is 32.2 Å². The molecule has 0 aliphatic heterocycles. The maximum Gasteiger partial charge on any atom is 0.337 e. The van der Waals surface area contributed by atoms with Crippen molar-refractivity contribution in [1.82, 2.24) is 4.90 Å². The van der Waals surface area contributed by atoms with Crippen LogP contribution in [0.2, 0.25) is 5.02 Å². The van der Waals surface area contributed by atoms with E-state index >= 15 is 0 Å². The Hall–Kier alpha value is -2.08. The van der Waals surface area contributed by atoms with Gasteiger partial charge in [-0.2, -0.15) is 0 Å². The first-order chi connectivity index (χ1) is 10.9. The van der Waals surface area contributed by atoms with E-state index in [2.05, 4.69) is 10.1 Å². The molecule has 124 valence electrons. The Kier molecular flexibility index (Phi) is 5.60. The number of esters is 1. The first kappa shape index (κ1) is 17.3. The number of nitrogens with one attached hydrogen (secondary N) is 1. The largest absolute Gasteiger partial charge is 0.465 e. The molecule has 0 spiro atoms. The summed E-state index contributed by atoms with van der Waals surface area (Å²) in [6, 6.07) is 4.78. The van der Waals surface area contributed by atoms with Crippen LogP contribution in [0.4, 0.5) is 5.69 Å². The van der Waals surface area contributed by atoms with Gasteiger partial charge in [0.05, 0.1) is 23.4 Å². The molecule has 0 heterocycles. The van der Waals surface area contributed by atoms with E-state index in [9.17, 15) is 14.4 Å². The number of hydrogen-bond acceptors (Lipinski definition) is 4. The highest BCUT2D eigenvalue weighted by Crippen LogP contribution is 2.27. The Morgan fingerprint density at radius 2 is 2.04 bits per heavy atom. The molecule has 0 unspecified atom stereocenters. The molecular formula is C16H19ClN2O4. The molecule has 0 saturated heterocycles. The number of rotatable bonds is 6. The van der Waals surface area contributed by atoms with Crippen LogP contribution < -0.4 is 5.32 Å². The van der Waals surface area contributed by atoms with Crippen LogP contribution in [0, 0.1) is 0 Å². The van der Waals surface area contributed by atoms with Crippen LogP contribution in [0.3, 0.4) is 0 Å². The predicted molar refractivity (Wildman–Crippen MR) is 86.4 cm³/mol. The molecule has 6 nitrogen and oxygen atoms in total. The number of benzene rings is 1. The molecule has 1 fully saturated rings. The van der Waals surface area contributed by atoms with E-state index in [-0.39, 0.29) is 24.3 Å². The summed E-state index contributed by atoms with van der Waals surface area (Å²) in [6.07, 6.45) is 2.16. The average molecular weight is 339 g/mol. The zero-order chi connectivity index (χ0) is 17.0. The van der Waals surface area contributed by atoms with Crippen LogP contribution >= 0.6 is 11.6 Å². The Morgan fingerprint density at radius 1 is 1.35 bits per heavy atom. The first-order valence-corrected chi connectivity index (χ1v) is 7.75. The quantitative estimate of drug-likeness (QED) is 0.808. The highest BCUT2D eigenvalue weighted by atomic mass is 35.5. The second kappa shape index (κ2) is 7.46. The van der Waals surface area contributed by atoms with Crippen LogP contribution in [0.5, 0.6) is 0 Å². The highest BCUT2D eigenvalue weighted by Gasteiger charge is 2.30. The van der Waals surface area contributed by atoms with E-state index in [4.69, 9.17) is 11.6 Å². The molecule has 23 heavy (non-hydrogen) atoms. The monoisotopic (exact) mass is 338 g/mol. The fraction of sp³-hybridized carbons (Fsp3) is 0.438. The van der Waals surface area contributed by atoms with Gasteiger partial charge < -0.3 is 15.0 Å². The SMILES string of the molecule is COC(=O)c1ccc(Cl)c(NC(=O)CCN(C(C)=O)C2CC2)c1. The minimum atomic E-state index is -0.506. The molecule has 0 bridgehead atoms. The van der Waals surface area contributed by atoms with Crippen LogP contribution in [-0.4, -0.2) is 42.4 Å². The van der Waals surface area contributed by atoms with Gasteiger partial charge in [-0.1, -0.05) is 11.6 Å². The summed E-state index contributed by atoms with van der Waals surface area (Å²) in [7, 11) is 1.28. The lowest BCUT2D eigenvalue weighted by atomic mass is 10.2. The van der Waals surface area contributed by atoms with Crippen molar-refractivity contribution >= 4 is 35.1 Å². The maximum absolute atomic E-state index is 12.1. The third kappa shape index (κ3) is 4.69. The smallest absolute Gasteiger partial charge is 0.337 e. The van der Waals surface area contributed by atoms with Crippen LogP contribution in [0.25, 0.3) is 0 Å². The predicted octanol–water partition coefficient (Wildman–Crippen LogP) is 2.47. The number of halogens is 1. The van der Waals surface area contributed by atoms with Crippen molar-refractivity contribution in [3.63, 3.8) is 0 Å². The number of ether oxygens (including phenoxy) is 1. The molecule has 0 aromatic heterocycles. The van der Waals surface area contributed by atoms with Gasteiger partial charge in [-0.3, -0.25) is 9.59 Å². The van der Waals surface area contributed by atoms with Crippen LogP contribution in [0.1, 0.15) is 36.5 Å². The van der Waals surface area contributed by atoms with Gasteiger partial charge in [0.1, 0.15) is 0 Å². The number of carbonyl (C=O) groups is 3. The van der Waals surface area contributed by atoms with Gasteiger partial charge in [0.25, 0.3) is 0 Å². The number of hydrogen-bond donors (Lipinski definition) is 1. The molecule has 7 heteroatoms. The number of anilines is 1. The van der Waals surface area contributed by atoms with Crippen molar-refractivity contribution in [2.45, 2.75) is 32.2 Å². The van der Waals surface area contributed by atoms with Gasteiger partial charge in [0.15, 0.2) is 0 Å². The lowest BCUT2D eigenvalue weighted by Crippen LogP contribution is -2.33. The summed E-state index contributed by atoms with van der Waals surface area (Å²) in [5.41, 5.74) is 0.649. The highest BCUT2D eigenvalue weighted by molar-refractivity contribution is 6.33. The molecule has 1 aliphatic carbocycles. The van der Waals surface area contributed by atoms with Gasteiger partial charge in [0.2, 0.25) is 11.8 Å². The van der Waals surface area contributed by atoms with Crippen LogP contribution in [-0.2, 0) is 14.3 Å². The number of amides is 2. The zero-order valence-electron chi connectivity index (χ0n) is 13.1. The fourth-order valence-electron chi connectivity index (χ4n) is 2.28. The Bertz CT molecular complexity index is 629. The van der Waals surface area contributed by atoms with E-state index in [1.807, 2.05) is 0 Å². The molecule has 2 amide bonds. The maximum atomic E-state index is 12.1. The van der Waals surface area contributed by atoms with Gasteiger partial charge in [-0.05, 0) is 31.0 Å². The van der Waals surface area contributed by atoms with E-state index in [0.29, 0.717) is 22.8 Å². The molecule has 1 aromatic carbocycles. The lowest BCUT2D eigenvalue weighted by molar-refractivity contribution is -0.129. The second-order valence-electron chi connectivity index (χ2n) is 5.43. The molecule has 2 rings (SSSR count). The molecule has 0 radical (unpaired) electrons. The Labute approximate surface area is 139 Å². The number of carbonyl (C=O) groups excluding carboxylic acids is 3. The number of methoxy groups -OCH3 is 1. The zero-order valence-corrected chi connectivity index (χ0v) is 13.9. The topological polar surface area (TPSA) is 75.7 Å². The van der Waals surface area contributed by atoms with Crippen LogP contribution in [0.15, 0.2) is 18.2 Å². The number of nitrogens with zero attached hydrogens (tertiary/aromatic N) is 1. The third-order valence-corrected chi connectivity index (χ3v) is 3.96. The van der Waals surface area contributed by atoms with Crippen molar-refractivity contribution < 1.29 is 19.1 Å². The summed E-state index contributed by atoms with van der Waals surface area (Å²) in [6.45, 7) is 1.88. The minimum Gasteiger partial charge on any atom is -0.465 e. The summed E-state index contributed by atoms with van der Waals surface area (Å²) in [4.78, 5) is 36.8. The van der Waals surface area contributed by atoms with Crippen molar-refractivity contribution in [3.8, 4) is 0 Å². The van der Waals surface area contributed by atoms with Crippen molar-refractivity contribution in [1.29, 1.82) is 0 Å². The van der Waals surface area contributed by atoms with Gasteiger partial charge in [-0.25, -0.2) is 4.79 Å². The normalized spacial score (nSPS) is 13.3. The Balaban J connectivity index is 1.96. The summed E-state index contributed by atoms with van der Waals surface area (Å²) >= 11 is 6.03. The summed E-state index contributed by atoms with van der Waals surface area (Å²) in [5.74, 6) is -0.791. The molecule has 0 atom stereocenters. The summed E-state index contributed by atoms with van der Waals surface area (Å²) in [5, 5.41) is 3.00. The first-order valence-electron chi connectivity index (χ1n) is 7.37. The van der Waals surface area contributed by atoms with Gasteiger partial charge >= 0.3 is 5.97 Å². The second-order valence-corrected chi connectivity index (χ2v) is 5.84. The van der Waals surface area contributed by atoms with Crippen molar-refractivity contribution in [3.05, 3.63) is 28.8 Å². The standard InChI is InChI=1S/C16H19ClN2O4/c1-10(20)19(12-4-5-12)8-7-15(21)18-14-9-11(16(22)23-2)3-6-13(14)17/h3,6,9,12H,4-5,7-8H2,1-2H3,(H,18,21). The average Bonchev–Trinajstić information content (AvgIpc) is 3.33. The van der Waals surface area contributed by atoms with E-state index in [0.717, 1.165) is 12.8 Å². The minimum absolute atomic E-state index is 0.0222. The van der Waals surface area contributed by atoms with Gasteiger partial charge in [0, 0.05) is 25.9 Å². The van der Waals surface area contributed by atoms with Gasteiger partial charge in [-0.15, -0.1) is 0 Å². The third-order valence-electron chi connectivity index (χ3n) is 3.63. The van der Waals surface area contributed by atoms with E-state index in [1.54, 1.807) is 4.90 Å². The molecular weight excluding hydrogens is 320 g/mol. The molecule has 1 N–H and O–H groups in total. The molecule has 1 saturated carbocycles. The summed E-state index contributed by atoms with van der Waals surface area (Å²) < 4.78 is 4.64. The Morgan fingerprint density at radius 3 is 2.61 bits per heavy atom. The van der Waals surface area contributed by atoms with E-state index < -0.39 is 5.97 Å². The van der Waals surface area contributed by atoms with Crippen molar-refractivity contribution in [2.75, 3.05) is 19.0 Å². The molecule has 1 aromatic rings.